The number of carbonyl (C=O) groups excluding carboxylic acids is 3. The maximum Gasteiger partial charge on any atom is 0.262 e. The van der Waals surface area contributed by atoms with Gasteiger partial charge in [0.05, 0.1) is 0 Å². The Morgan fingerprint density at radius 1 is 1.12 bits per heavy atom. The van der Waals surface area contributed by atoms with Crippen molar-refractivity contribution in [2.24, 2.45) is 0 Å². The molecule has 6 nitrogen and oxygen atoms in total. The van der Waals surface area contributed by atoms with Gasteiger partial charge in [0.2, 0.25) is 5.91 Å². The van der Waals surface area contributed by atoms with E-state index in [4.69, 9.17) is 0 Å². The molecule has 0 radical (unpaired) electrons. The maximum atomic E-state index is 12.9. The Morgan fingerprint density at radius 3 is 2.32 bits per heavy atom. The molecule has 4 rings (SSSR count). The summed E-state index contributed by atoms with van der Waals surface area (Å²) in [5.41, 5.74) is 0.864. The van der Waals surface area contributed by atoms with Gasteiger partial charge in [0, 0.05) is 28.1 Å². The Labute approximate surface area is 147 Å². The number of hydrogen-bond acceptors (Lipinski definition) is 5. The van der Waals surface area contributed by atoms with Gasteiger partial charge in [-0.3, -0.25) is 19.3 Å². The molecule has 0 saturated carbocycles. The van der Waals surface area contributed by atoms with Gasteiger partial charge in [0.25, 0.3) is 11.8 Å². The van der Waals surface area contributed by atoms with Crippen LogP contribution >= 0.6 is 11.3 Å². The molecule has 1 atom stereocenters. The summed E-state index contributed by atoms with van der Waals surface area (Å²) in [5.74, 6) is -1.38. The molecule has 0 unspecified atom stereocenters. The van der Waals surface area contributed by atoms with Gasteiger partial charge in [-0.2, -0.15) is 0 Å². The average Bonchev–Trinajstić information content (AvgIpc) is 3.12. The van der Waals surface area contributed by atoms with Crippen molar-refractivity contribution in [3.05, 3.63) is 59.1 Å². The third-order valence-corrected chi connectivity index (χ3v) is 4.92. The standard InChI is InChI=1S/C18H13N3O3S/c1-10(15(22)20-18-19-8-9-25-18)21-16(23)12-6-2-4-11-5-3-7-13(14(11)12)17(21)24/h2-10H,1H3,(H,19,20,22)/t10-/m1/s1. The molecule has 0 spiro atoms. The Bertz CT molecular complexity index is 963. The Kier molecular flexibility index (Phi) is 3.58. The molecule has 0 saturated heterocycles. The summed E-state index contributed by atoms with van der Waals surface area (Å²) in [6.45, 7) is 1.53. The van der Waals surface area contributed by atoms with Gasteiger partial charge in [-0.15, -0.1) is 11.3 Å². The van der Waals surface area contributed by atoms with Crippen molar-refractivity contribution in [3.63, 3.8) is 0 Å². The minimum atomic E-state index is -0.951. The third-order valence-electron chi connectivity index (χ3n) is 4.23. The second-order valence-electron chi connectivity index (χ2n) is 5.69. The fraction of sp³-hybridized carbons (Fsp3) is 0.111. The third kappa shape index (κ3) is 2.40. The van der Waals surface area contributed by atoms with E-state index in [0.717, 1.165) is 10.3 Å². The topological polar surface area (TPSA) is 79.4 Å². The number of benzene rings is 2. The summed E-state index contributed by atoms with van der Waals surface area (Å²) in [4.78, 5) is 43.2. The normalized spacial score (nSPS) is 14.7. The number of amides is 3. The van der Waals surface area contributed by atoms with Crippen LogP contribution in [0.15, 0.2) is 48.0 Å². The van der Waals surface area contributed by atoms with Crippen molar-refractivity contribution >= 4 is 45.0 Å². The number of thiazole rings is 1. The smallest absolute Gasteiger partial charge is 0.262 e. The van der Waals surface area contributed by atoms with Crippen LogP contribution in [-0.4, -0.2) is 33.6 Å². The Hall–Kier alpha value is -3.06. The number of hydrogen-bond donors (Lipinski definition) is 1. The molecule has 3 aromatic rings. The first-order valence-corrected chi connectivity index (χ1v) is 8.56. The van der Waals surface area contributed by atoms with Crippen LogP contribution in [0.25, 0.3) is 10.8 Å². The number of aromatic nitrogens is 1. The van der Waals surface area contributed by atoms with Gasteiger partial charge in [0.15, 0.2) is 5.13 Å². The summed E-state index contributed by atoms with van der Waals surface area (Å²) in [5, 5.41) is 6.26. The zero-order valence-electron chi connectivity index (χ0n) is 13.2. The summed E-state index contributed by atoms with van der Waals surface area (Å²) in [6, 6.07) is 9.67. The van der Waals surface area contributed by atoms with Crippen LogP contribution in [0.5, 0.6) is 0 Å². The van der Waals surface area contributed by atoms with E-state index in [9.17, 15) is 14.4 Å². The van der Waals surface area contributed by atoms with E-state index in [1.54, 1.807) is 35.8 Å². The first-order valence-electron chi connectivity index (χ1n) is 7.68. The zero-order valence-corrected chi connectivity index (χ0v) is 14.0. The minimum Gasteiger partial charge on any atom is -0.300 e. The number of imide groups is 1. The van der Waals surface area contributed by atoms with Gasteiger partial charge in [-0.05, 0) is 24.4 Å². The summed E-state index contributed by atoms with van der Waals surface area (Å²) < 4.78 is 0. The molecule has 3 amide bonds. The lowest BCUT2D eigenvalue weighted by Crippen LogP contribution is -2.50. The molecule has 124 valence electrons. The molecule has 0 aliphatic carbocycles. The van der Waals surface area contributed by atoms with Gasteiger partial charge in [-0.1, -0.05) is 24.3 Å². The quantitative estimate of drug-likeness (QED) is 0.736. The molecule has 0 fully saturated rings. The van der Waals surface area contributed by atoms with Crippen molar-refractivity contribution in [1.29, 1.82) is 0 Å². The van der Waals surface area contributed by atoms with Crippen LogP contribution in [0.3, 0.4) is 0 Å². The van der Waals surface area contributed by atoms with Crippen molar-refractivity contribution in [1.82, 2.24) is 9.88 Å². The molecule has 1 N–H and O–H groups in total. The molecule has 0 bridgehead atoms. The minimum absolute atomic E-state index is 0.427. The molecular formula is C18H13N3O3S. The molecule has 1 aliphatic rings. The highest BCUT2D eigenvalue weighted by atomic mass is 32.1. The highest BCUT2D eigenvalue weighted by molar-refractivity contribution is 7.13. The van der Waals surface area contributed by atoms with E-state index < -0.39 is 23.8 Å². The number of anilines is 1. The number of carbonyl (C=O) groups is 3. The van der Waals surface area contributed by atoms with E-state index >= 15 is 0 Å². The van der Waals surface area contributed by atoms with Crippen molar-refractivity contribution in [3.8, 4) is 0 Å². The van der Waals surface area contributed by atoms with E-state index in [1.807, 2.05) is 12.1 Å². The summed E-state index contributed by atoms with van der Waals surface area (Å²) in [6.07, 6.45) is 1.57. The lowest BCUT2D eigenvalue weighted by atomic mass is 9.93. The van der Waals surface area contributed by atoms with Crippen LogP contribution < -0.4 is 5.32 Å². The van der Waals surface area contributed by atoms with Crippen molar-refractivity contribution < 1.29 is 14.4 Å². The number of rotatable bonds is 3. The zero-order chi connectivity index (χ0) is 17.6. The predicted molar refractivity (Wildman–Crippen MR) is 94.7 cm³/mol. The van der Waals surface area contributed by atoms with E-state index in [1.165, 1.54) is 18.3 Å². The first kappa shape index (κ1) is 15.5. The fourth-order valence-corrected chi connectivity index (χ4v) is 3.55. The van der Waals surface area contributed by atoms with Crippen molar-refractivity contribution in [2.45, 2.75) is 13.0 Å². The van der Waals surface area contributed by atoms with Crippen molar-refractivity contribution in [2.75, 3.05) is 5.32 Å². The molecule has 7 heteroatoms. The van der Waals surface area contributed by atoms with Crippen LogP contribution in [0.2, 0.25) is 0 Å². The monoisotopic (exact) mass is 351 g/mol. The largest absolute Gasteiger partial charge is 0.300 e. The van der Waals surface area contributed by atoms with Gasteiger partial charge in [-0.25, -0.2) is 4.98 Å². The van der Waals surface area contributed by atoms with E-state index in [2.05, 4.69) is 10.3 Å². The highest BCUT2D eigenvalue weighted by Crippen LogP contribution is 2.31. The summed E-state index contributed by atoms with van der Waals surface area (Å²) >= 11 is 1.27. The molecule has 1 aromatic heterocycles. The van der Waals surface area contributed by atoms with E-state index in [-0.39, 0.29) is 0 Å². The van der Waals surface area contributed by atoms with Crippen LogP contribution in [0.4, 0.5) is 5.13 Å². The second-order valence-corrected chi connectivity index (χ2v) is 6.59. The second kappa shape index (κ2) is 5.78. The predicted octanol–water partition coefficient (Wildman–Crippen LogP) is 2.92. The Morgan fingerprint density at radius 2 is 1.76 bits per heavy atom. The SMILES string of the molecule is C[C@H](C(=O)Nc1nccs1)N1C(=O)c2cccc3cccc(c23)C1=O. The van der Waals surface area contributed by atoms with Crippen LogP contribution in [0, 0.1) is 0 Å². The van der Waals surface area contributed by atoms with Gasteiger partial charge in [0.1, 0.15) is 6.04 Å². The molecule has 25 heavy (non-hydrogen) atoms. The lowest BCUT2D eigenvalue weighted by Gasteiger charge is -2.30. The molecule has 2 heterocycles. The number of nitrogens with zero attached hydrogens (tertiary/aromatic N) is 2. The van der Waals surface area contributed by atoms with Gasteiger partial charge < -0.3 is 5.32 Å². The molecule has 2 aromatic carbocycles. The first-order chi connectivity index (χ1) is 12.1. The molecular weight excluding hydrogens is 338 g/mol. The summed E-state index contributed by atoms with van der Waals surface area (Å²) in [7, 11) is 0. The van der Waals surface area contributed by atoms with E-state index in [0.29, 0.717) is 21.6 Å². The lowest BCUT2D eigenvalue weighted by molar-refractivity contribution is -0.119. The highest BCUT2D eigenvalue weighted by Gasteiger charge is 2.38. The number of nitrogens with one attached hydrogen (secondary N) is 1. The van der Waals surface area contributed by atoms with Crippen LogP contribution in [0.1, 0.15) is 27.6 Å². The van der Waals surface area contributed by atoms with Gasteiger partial charge >= 0.3 is 0 Å². The fourth-order valence-electron chi connectivity index (χ4n) is 3.01. The van der Waals surface area contributed by atoms with Crippen LogP contribution in [-0.2, 0) is 4.79 Å². The Balaban J connectivity index is 1.73. The molecule has 1 aliphatic heterocycles. The average molecular weight is 351 g/mol. The maximum absolute atomic E-state index is 12.9.